The lowest BCUT2D eigenvalue weighted by atomic mass is 9.97. The van der Waals surface area contributed by atoms with Gasteiger partial charge in [-0.05, 0) is 24.0 Å². The molecule has 0 bridgehead atoms. The molecule has 2 saturated heterocycles. The minimum absolute atomic E-state index is 0.149. The summed E-state index contributed by atoms with van der Waals surface area (Å²) in [5.41, 5.74) is 2.43. The molecule has 0 spiro atoms. The Morgan fingerprint density at radius 3 is 2.64 bits per heavy atom. The van der Waals surface area contributed by atoms with E-state index in [-0.39, 0.29) is 6.10 Å². The number of epoxide rings is 2. The first-order chi connectivity index (χ1) is 10.9. The van der Waals surface area contributed by atoms with E-state index in [1.165, 1.54) is 36.8 Å². The van der Waals surface area contributed by atoms with Crippen molar-refractivity contribution in [1.29, 1.82) is 0 Å². The summed E-state index contributed by atoms with van der Waals surface area (Å²) < 4.78 is 16.7. The van der Waals surface area contributed by atoms with Crippen LogP contribution in [-0.4, -0.2) is 32.0 Å². The first-order valence-electron chi connectivity index (χ1n) is 8.43. The fourth-order valence-electron chi connectivity index (χ4n) is 2.82. The Morgan fingerprint density at radius 1 is 1.14 bits per heavy atom. The minimum Gasteiger partial charge on any atom is -0.373 e. The summed E-state index contributed by atoms with van der Waals surface area (Å²) in [6, 6.07) is 8.40. The monoisotopic (exact) mass is 302 g/mol. The maximum atomic E-state index is 6.14. The van der Waals surface area contributed by atoms with Gasteiger partial charge in [0.15, 0.2) is 0 Å². The van der Waals surface area contributed by atoms with Gasteiger partial charge in [0.2, 0.25) is 0 Å². The van der Waals surface area contributed by atoms with Crippen molar-refractivity contribution >= 4 is 6.08 Å². The van der Waals surface area contributed by atoms with Crippen molar-refractivity contribution in [3.8, 4) is 0 Å². The van der Waals surface area contributed by atoms with E-state index >= 15 is 0 Å². The molecule has 0 aliphatic carbocycles. The van der Waals surface area contributed by atoms with Gasteiger partial charge in [-0.2, -0.15) is 0 Å². The molecule has 2 heterocycles. The number of hydrogen-bond acceptors (Lipinski definition) is 3. The van der Waals surface area contributed by atoms with Crippen molar-refractivity contribution in [1.82, 2.24) is 0 Å². The van der Waals surface area contributed by atoms with Gasteiger partial charge in [-0.25, -0.2) is 0 Å². The van der Waals surface area contributed by atoms with Crippen LogP contribution in [0.25, 0.3) is 6.08 Å². The summed E-state index contributed by atoms with van der Waals surface area (Å²) >= 11 is 0. The number of unbranched alkanes of at least 4 members (excludes halogenated alkanes) is 2. The molecule has 0 N–H and O–H groups in total. The smallest absolute Gasteiger partial charge is 0.104 e. The third kappa shape index (κ3) is 4.94. The van der Waals surface area contributed by atoms with Gasteiger partial charge in [-0.1, -0.05) is 56.2 Å². The molecule has 3 atom stereocenters. The Balaban J connectivity index is 1.51. The van der Waals surface area contributed by atoms with Gasteiger partial charge in [0.25, 0.3) is 0 Å². The Labute approximate surface area is 133 Å². The minimum atomic E-state index is 0.149. The Morgan fingerprint density at radius 2 is 1.91 bits per heavy atom. The van der Waals surface area contributed by atoms with Gasteiger partial charge in [-0.15, -0.1) is 0 Å². The van der Waals surface area contributed by atoms with Crippen LogP contribution in [0, 0.1) is 0 Å². The number of hydrogen-bond donors (Lipinski definition) is 0. The van der Waals surface area contributed by atoms with Gasteiger partial charge in [0.05, 0.1) is 32.0 Å². The van der Waals surface area contributed by atoms with Crippen LogP contribution in [-0.2, 0) is 14.2 Å². The molecule has 2 fully saturated rings. The van der Waals surface area contributed by atoms with Crippen LogP contribution in [0.15, 0.2) is 30.8 Å². The molecule has 1 aromatic carbocycles. The summed E-state index contributed by atoms with van der Waals surface area (Å²) in [5, 5.41) is 0. The maximum Gasteiger partial charge on any atom is 0.104 e. The highest BCUT2D eigenvalue weighted by Crippen LogP contribution is 2.29. The van der Waals surface area contributed by atoms with E-state index in [0.717, 1.165) is 19.6 Å². The molecule has 22 heavy (non-hydrogen) atoms. The molecule has 3 rings (SSSR count). The van der Waals surface area contributed by atoms with E-state index < -0.39 is 0 Å². The average molecular weight is 302 g/mol. The Hall–Kier alpha value is -1.16. The second-order valence-corrected chi connectivity index (χ2v) is 6.20. The average Bonchev–Trinajstić information content (AvgIpc) is 3.44. The molecule has 3 nitrogen and oxygen atoms in total. The van der Waals surface area contributed by atoms with Crippen molar-refractivity contribution in [3.63, 3.8) is 0 Å². The van der Waals surface area contributed by atoms with E-state index in [1.807, 2.05) is 6.08 Å². The molecule has 3 unspecified atom stereocenters. The summed E-state index contributed by atoms with van der Waals surface area (Å²) in [6.07, 6.45) is 8.90. The molecular formula is C19H26O3. The van der Waals surface area contributed by atoms with Gasteiger partial charge in [0.1, 0.15) is 6.10 Å². The van der Waals surface area contributed by atoms with Crippen LogP contribution in [0.4, 0.5) is 0 Å². The maximum absolute atomic E-state index is 6.14. The predicted octanol–water partition coefficient (Wildman–Crippen LogP) is 4.14. The summed E-state index contributed by atoms with van der Waals surface area (Å²) in [5.74, 6) is 0. The van der Waals surface area contributed by atoms with Crippen LogP contribution >= 0.6 is 0 Å². The SMILES string of the molecule is C=Cc1ccccc1C(CCCCCC1CO1)OCC1CO1. The standard InChI is InChI=1S/C19H26O3/c1-2-15-8-6-7-10-18(15)19(22-14-17-13-21-17)11-5-3-4-9-16-12-20-16/h2,6-8,10,16-17,19H,1,3-5,9,11-14H2. The van der Waals surface area contributed by atoms with Gasteiger partial charge in [0, 0.05) is 0 Å². The van der Waals surface area contributed by atoms with E-state index in [0.29, 0.717) is 18.8 Å². The zero-order valence-corrected chi connectivity index (χ0v) is 13.2. The Bertz CT molecular complexity index is 477. The lowest BCUT2D eigenvalue weighted by Gasteiger charge is -2.20. The predicted molar refractivity (Wildman–Crippen MR) is 87.8 cm³/mol. The fraction of sp³-hybridized carbons (Fsp3) is 0.579. The van der Waals surface area contributed by atoms with Crippen molar-refractivity contribution in [2.75, 3.05) is 19.8 Å². The second kappa shape index (κ2) is 7.91. The molecule has 0 aromatic heterocycles. The molecule has 3 heteroatoms. The molecule has 2 aliphatic rings. The molecule has 0 amide bonds. The number of rotatable bonds is 11. The highest BCUT2D eigenvalue weighted by atomic mass is 16.6. The highest BCUT2D eigenvalue weighted by molar-refractivity contribution is 5.52. The van der Waals surface area contributed by atoms with Gasteiger partial charge >= 0.3 is 0 Å². The third-order valence-corrected chi connectivity index (χ3v) is 4.34. The Kier molecular flexibility index (Phi) is 5.65. The van der Waals surface area contributed by atoms with Crippen LogP contribution in [0.3, 0.4) is 0 Å². The van der Waals surface area contributed by atoms with Crippen molar-refractivity contribution in [3.05, 3.63) is 42.0 Å². The normalized spacial score (nSPS) is 24.0. The fourth-order valence-corrected chi connectivity index (χ4v) is 2.82. The van der Waals surface area contributed by atoms with E-state index in [1.54, 1.807) is 0 Å². The first kappa shape index (κ1) is 15.7. The summed E-state index contributed by atoms with van der Waals surface area (Å²) in [7, 11) is 0. The van der Waals surface area contributed by atoms with E-state index in [9.17, 15) is 0 Å². The van der Waals surface area contributed by atoms with Gasteiger partial charge in [-0.3, -0.25) is 0 Å². The lowest BCUT2D eigenvalue weighted by molar-refractivity contribution is 0.0345. The molecule has 120 valence electrons. The number of ether oxygens (including phenoxy) is 3. The molecule has 2 aliphatic heterocycles. The van der Waals surface area contributed by atoms with E-state index in [2.05, 4.69) is 30.8 Å². The summed E-state index contributed by atoms with van der Waals surface area (Å²) in [4.78, 5) is 0. The molecular weight excluding hydrogens is 276 g/mol. The molecule has 0 radical (unpaired) electrons. The van der Waals surface area contributed by atoms with Crippen LogP contribution < -0.4 is 0 Å². The number of benzene rings is 1. The van der Waals surface area contributed by atoms with Crippen LogP contribution in [0.1, 0.15) is 49.3 Å². The van der Waals surface area contributed by atoms with Crippen LogP contribution in [0.2, 0.25) is 0 Å². The largest absolute Gasteiger partial charge is 0.373 e. The molecule has 0 saturated carbocycles. The topological polar surface area (TPSA) is 34.3 Å². The van der Waals surface area contributed by atoms with Crippen LogP contribution in [0.5, 0.6) is 0 Å². The van der Waals surface area contributed by atoms with Crippen molar-refractivity contribution in [2.45, 2.75) is 50.4 Å². The highest BCUT2D eigenvalue weighted by Gasteiger charge is 2.25. The quantitative estimate of drug-likeness (QED) is 0.455. The van der Waals surface area contributed by atoms with Crippen molar-refractivity contribution in [2.24, 2.45) is 0 Å². The zero-order chi connectivity index (χ0) is 15.2. The second-order valence-electron chi connectivity index (χ2n) is 6.20. The van der Waals surface area contributed by atoms with E-state index in [4.69, 9.17) is 14.2 Å². The zero-order valence-electron chi connectivity index (χ0n) is 13.2. The first-order valence-corrected chi connectivity index (χ1v) is 8.43. The van der Waals surface area contributed by atoms with Crippen molar-refractivity contribution < 1.29 is 14.2 Å². The molecule has 1 aromatic rings. The van der Waals surface area contributed by atoms with Gasteiger partial charge < -0.3 is 14.2 Å². The lowest BCUT2D eigenvalue weighted by Crippen LogP contribution is -2.10. The summed E-state index contributed by atoms with van der Waals surface area (Å²) in [6.45, 7) is 6.44. The third-order valence-electron chi connectivity index (χ3n) is 4.34.